The molecule has 0 atom stereocenters. The third kappa shape index (κ3) is 5.21. The van der Waals surface area contributed by atoms with Crippen molar-refractivity contribution in [2.45, 2.75) is 4.90 Å². The van der Waals surface area contributed by atoms with Crippen LogP contribution in [-0.2, 0) is 4.79 Å². The van der Waals surface area contributed by atoms with Crippen molar-refractivity contribution in [1.29, 1.82) is 5.26 Å². The fraction of sp³-hybridized carbons (Fsp3) is 0.125. The highest BCUT2D eigenvalue weighted by atomic mass is 32.2. The fourth-order valence-electron chi connectivity index (χ4n) is 1.61. The van der Waals surface area contributed by atoms with E-state index in [1.165, 1.54) is 11.8 Å². The van der Waals surface area contributed by atoms with Crippen molar-refractivity contribution in [3.63, 3.8) is 0 Å². The summed E-state index contributed by atoms with van der Waals surface area (Å²) in [6.45, 7) is 0.0133. The van der Waals surface area contributed by atoms with Gasteiger partial charge in [0.25, 0.3) is 0 Å². The Labute approximate surface area is 127 Å². The maximum atomic E-state index is 11.8. The minimum absolute atomic E-state index is 0.0133. The molecule has 0 spiro atoms. The Morgan fingerprint density at radius 3 is 2.52 bits per heavy atom. The average molecular weight is 298 g/mol. The van der Waals surface area contributed by atoms with E-state index < -0.39 is 0 Å². The largest absolute Gasteiger partial charge is 0.479 e. The van der Waals surface area contributed by atoms with Crippen LogP contribution in [0.4, 0.5) is 5.69 Å². The summed E-state index contributed by atoms with van der Waals surface area (Å²) in [5.41, 5.74) is 0.706. The number of nitriles is 1. The number of rotatable bonds is 6. The zero-order chi connectivity index (χ0) is 14.9. The van der Waals surface area contributed by atoms with Gasteiger partial charge in [-0.05, 0) is 36.4 Å². The van der Waals surface area contributed by atoms with Crippen LogP contribution in [0, 0.1) is 11.3 Å². The average Bonchev–Trinajstić information content (AvgIpc) is 2.53. The summed E-state index contributed by atoms with van der Waals surface area (Å²) >= 11 is 1.49. The Morgan fingerprint density at radius 2 is 1.86 bits per heavy atom. The molecule has 4 nitrogen and oxygen atoms in total. The van der Waals surface area contributed by atoms with Gasteiger partial charge in [-0.2, -0.15) is 5.26 Å². The number of ether oxygens (including phenoxy) is 1. The number of nitrogens with one attached hydrogen (secondary N) is 1. The Morgan fingerprint density at radius 1 is 1.14 bits per heavy atom. The monoisotopic (exact) mass is 298 g/mol. The van der Waals surface area contributed by atoms with Crippen LogP contribution in [0.25, 0.3) is 0 Å². The number of nitrogens with zero attached hydrogens (tertiary/aromatic N) is 1. The standard InChI is InChI=1S/C16H14N2O2S/c17-10-11-20-14-8-6-13(7-9-14)18-16(19)12-21-15-4-2-1-3-5-15/h1-9H,11-12H2,(H,18,19). The quantitative estimate of drug-likeness (QED) is 0.831. The van der Waals surface area contributed by atoms with Gasteiger partial charge < -0.3 is 10.1 Å². The minimum atomic E-state index is -0.0606. The first-order valence-electron chi connectivity index (χ1n) is 6.35. The van der Waals surface area contributed by atoms with E-state index in [1.807, 2.05) is 36.4 Å². The van der Waals surface area contributed by atoms with Crippen LogP contribution in [0.2, 0.25) is 0 Å². The predicted octanol–water partition coefficient (Wildman–Crippen LogP) is 3.32. The van der Waals surface area contributed by atoms with Gasteiger partial charge in [0.15, 0.2) is 6.61 Å². The number of carbonyl (C=O) groups excluding carboxylic acids is 1. The first-order chi connectivity index (χ1) is 10.3. The molecule has 1 N–H and O–H groups in total. The maximum Gasteiger partial charge on any atom is 0.234 e. The summed E-state index contributed by atoms with van der Waals surface area (Å²) in [7, 11) is 0. The lowest BCUT2D eigenvalue weighted by molar-refractivity contribution is -0.113. The van der Waals surface area contributed by atoms with Gasteiger partial charge in [0, 0.05) is 10.6 Å². The van der Waals surface area contributed by atoms with Gasteiger partial charge in [-0.1, -0.05) is 18.2 Å². The van der Waals surface area contributed by atoms with E-state index in [0.29, 0.717) is 17.2 Å². The summed E-state index contributed by atoms with van der Waals surface area (Å²) in [4.78, 5) is 12.9. The summed E-state index contributed by atoms with van der Waals surface area (Å²) in [6, 6.07) is 18.6. The zero-order valence-corrected chi connectivity index (χ0v) is 12.1. The van der Waals surface area contributed by atoms with Gasteiger partial charge in [0.05, 0.1) is 5.75 Å². The summed E-state index contributed by atoms with van der Waals surface area (Å²) in [5, 5.41) is 11.2. The summed E-state index contributed by atoms with van der Waals surface area (Å²) in [5.74, 6) is 0.902. The van der Waals surface area contributed by atoms with Gasteiger partial charge in [0.2, 0.25) is 5.91 Å². The van der Waals surface area contributed by atoms with Crippen molar-refractivity contribution in [1.82, 2.24) is 0 Å². The number of hydrogen-bond acceptors (Lipinski definition) is 4. The molecular weight excluding hydrogens is 284 g/mol. The van der Waals surface area contributed by atoms with E-state index in [2.05, 4.69) is 5.32 Å². The number of anilines is 1. The van der Waals surface area contributed by atoms with Gasteiger partial charge in [-0.25, -0.2) is 0 Å². The Kier molecular flexibility index (Phi) is 5.68. The molecule has 2 aromatic carbocycles. The van der Waals surface area contributed by atoms with E-state index in [0.717, 1.165) is 4.90 Å². The third-order valence-electron chi connectivity index (χ3n) is 2.55. The van der Waals surface area contributed by atoms with E-state index in [-0.39, 0.29) is 12.5 Å². The number of hydrogen-bond donors (Lipinski definition) is 1. The van der Waals surface area contributed by atoms with Gasteiger partial charge in [0.1, 0.15) is 11.8 Å². The smallest absolute Gasteiger partial charge is 0.234 e. The molecule has 106 valence electrons. The van der Waals surface area contributed by atoms with Crippen LogP contribution in [0.15, 0.2) is 59.5 Å². The van der Waals surface area contributed by atoms with E-state index in [9.17, 15) is 4.79 Å². The number of benzene rings is 2. The molecule has 0 aliphatic carbocycles. The van der Waals surface area contributed by atoms with Crippen molar-refractivity contribution in [3.05, 3.63) is 54.6 Å². The number of amides is 1. The Bertz CT molecular complexity index is 621. The molecule has 0 fully saturated rings. The number of carbonyl (C=O) groups is 1. The van der Waals surface area contributed by atoms with Crippen molar-refractivity contribution in [3.8, 4) is 11.8 Å². The first kappa shape index (κ1) is 14.9. The lowest BCUT2D eigenvalue weighted by atomic mass is 10.3. The van der Waals surface area contributed by atoms with Gasteiger partial charge in [-0.3, -0.25) is 4.79 Å². The van der Waals surface area contributed by atoms with Crippen molar-refractivity contribution < 1.29 is 9.53 Å². The second-order valence-electron chi connectivity index (χ2n) is 4.12. The van der Waals surface area contributed by atoms with Crippen LogP contribution in [0.5, 0.6) is 5.75 Å². The second-order valence-corrected chi connectivity index (χ2v) is 5.17. The Hall–Kier alpha value is -2.45. The van der Waals surface area contributed by atoms with E-state index in [1.54, 1.807) is 24.3 Å². The predicted molar refractivity (Wildman–Crippen MR) is 83.3 cm³/mol. The van der Waals surface area contributed by atoms with E-state index >= 15 is 0 Å². The fourth-order valence-corrected chi connectivity index (χ4v) is 2.33. The molecule has 0 aliphatic rings. The molecular formula is C16H14N2O2S. The van der Waals surface area contributed by atoms with Gasteiger partial charge >= 0.3 is 0 Å². The lowest BCUT2D eigenvalue weighted by Crippen LogP contribution is -2.13. The summed E-state index contributed by atoms with van der Waals surface area (Å²) < 4.78 is 5.14. The van der Waals surface area contributed by atoms with Crippen molar-refractivity contribution in [2.75, 3.05) is 17.7 Å². The zero-order valence-electron chi connectivity index (χ0n) is 11.3. The third-order valence-corrected chi connectivity index (χ3v) is 3.57. The molecule has 0 saturated heterocycles. The second kappa shape index (κ2) is 7.98. The molecule has 2 aromatic rings. The molecule has 5 heteroatoms. The lowest BCUT2D eigenvalue weighted by Gasteiger charge is -2.06. The highest BCUT2D eigenvalue weighted by Gasteiger charge is 2.04. The van der Waals surface area contributed by atoms with Crippen molar-refractivity contribution >= 4 is 23.4 Å². The first-order valence-corrected chi connectivity index (χ1v) is 7.34. The minimum Gasteiger partial charge on any atom is -0.479 e. The highest BCUT2D eigenvalue weighted by Crippen LogP contribution is 2.18. The van der Waals surface area contributed by atoms with Crippen LogP contribution in [0.1, 0.15) is 0 Å². The molecule has 0 radical (unpaired) electrons. The highest BCUT2D eigenvalue weighted by molar-refractivity contribution is 8.00. The molecule has 0 aliphatic heterocycles. The summed E-state index contributed by atoms with van der Waals surface area (Å²) in [6.07, 6.45) is 0. The molecule has 0 bridgehead atoms. The molecule has 2 rings (SSSR count). The van der Waals surface area contributed by atoms with Gasteiger partial charge in [-0.15, -0.1) is 11.8 Å². The normalized spacial score (nSPS) is 9.67. The molecule has 0 aromatic heterocycles. The molecule has 1 amide bonds. The number of thioether (sulfide) groups is 1. The SMILES string of the molecule is N#CCOc1ccc(NC(=O)CSc2ccccc2)cc1. The van der Waals surface area contributed by atoms with Crippen molar-refractivity contribution in [2.24, 2.45) is 0 Å². The topological polar surface area (TPSA) is 62.1 Å². The molecule has 21 heavy (non-hydrogen) atoms. The maximum absolute atomic E-state index is 11.8. The Balaban J connectivity index is 1.81. The molecule has 0 unspecified atom stereocenters. The van der Waals surface area contributed by atoms with E-state index in [4.69, 9.17) is 10.00 Å². The molecule has 0 heterocycles. The van der Waals surface area contributed by atoms with Crippen LogP contribution in [-0.4, -0.2) is 18.3 Å². The van der Waals surface area contributed by atoms with Crippen LogP contribution >= 0.6 is 11.8 Å². The molecule has 0 saturated carbocycles. The van der Waals surface area contributed by atoms with Crippen LogP contribution in [0.3, 0.4) is 0 Å². The van der Waals surface area contributed by atoms with Crippen LogP contribution < -0.4 is 10.1 Å².